The van der Waals surface area contributed by atoms with Gasteiger partial charge in [0.15, 0.2) is 11.7 Å². The van der Waals surface area contributed by atoms with E-state index in [9.17, 15) is 17.6 Å². The molecule has 2 N–H and O–H groups in total. The fourth-order valence-corrected chi connectivity index (χ4v) is 4.21. The zero-order chi connectivity index (χ0) is 22.4. The number of oxazole rings is 1. The number of carbonyl (C=O) groups excluding carboxylic acids is 1. The van der Waals surface area contributed by atoms with E-state index in [1.165, 1.54) is 12.3 Å². The SMILES string of the molecule is CCCS(=O)(=O)Nc1cccc(NC(=O)CCc2ncc(-c3ccccc3F)o2)c1C. The van der Waals surface area contributed by atoms with Crippen LogP contribution in [0, 0.1) is 12.7 Å². The minimum Gasteiger partial charge on any atom is -0.441 e. The van der Waals surface area contributed by atoms with Gasteiger partial charge >= 0.3 is 0 Å². The summed E-state index contributed by atoms with van der Waals surface area (Å²) in [5.41, 5.74) is 1.87. The Hall–Kier alpha value is -3.20. The molecule has 3 aromatic rings. The fourth-order valence-electron chi connectivity index (χ4n) is 3.01. The molecule has 0 fully saturated rings. The number of amides is 1. The van der Waals surface area contributed by atoms with Crippen LogP contribution < -0.4 is 10.0 Å². The van der Waals surface area contributed by atoms with Crippen molar-refractivity contribution in [3.63, 3.8) is 0 Å². The molecule has 1 aromatic heterocycles. The van der Waals surface area contributed by atoms with Crippen LogP contribution in [0.15, 0.2) is 53.1 Å². The number of rotatable bonds is 9. The largest absolute Gasteiger partial charge is 0.441 e. The maximum atomic E-state index is 13.9. The fraction of sp³-hybridized carbons (Fsp3) is 0.273. The third-order valence-electron chi connectivity index (χ3n) is 4.61. The van der Waals surface area contributed by atoms with E-state index in [-0.39, 0.29) is 24.5 Å². The molecule has 1 heterocycles. The maximum Gasteiger partial charge on any atom is 0.232 e. The summed E-state index contributed by atoms with van der Waals surface area (Å²) in [4.78, 5) is 16.5. The van der Waals surface area contributed by atoms with Gasteiger partial charge in [0.2, 0.25) is 15.9 Å². The van der Waals surface area contributed by atoms with Crippen molar-refractivity contribution in [2.75, 3.05) is 15.8 Å². The first-order chi connectivity index (χ1) is 14.8. The van der Waals surface area contributed by atoms with E-state index in [0.29, 0.717) is 40.6 Å². The number of hydrogen-bond acceptors (Lipinski definition) is 5. The lowest BCUT2D eigenvalue weighted by Crippen LogP contribution is -2.18. The highest BCUT2D eigenvalue weighted by molar-refractivity contribution is 7.92. The molecule has 0 aliphatic heterocycles. The molecule has 0 saturated heterocycles. The van der Waals surface area contributed by atoms with Gasteiger partial charge in [0.05, 0.1) is 23.2 Å². The summed E-state index contributed by atoms with van der Waals surface area (Å²) in [7, 11) is -3.43. The third-order valence-corrected chi connectivity index (χ3v) is 6.08. The number of aryl methyl sites for hydroxylation is 1. The number of nitrogens with one attached hydrogen (secondary N) is 2. The topological polar surface area (TPSA) is 101 Å². The molecule has 7 nitrogen and oxygen atoms in total. The summed E-state index contributed by atoms with van der Waals surface area (Å²) in [6.07, 6.45) is 2.27. The van der Waals surface area contributed by atoms with Gasteiger partial charge in [0, 0.05) is 18.5 Å². The average Bonchev–Trinajstić information content (AvgIpc) is 3.18. The molecule has 0 radical (unpaired) electrons. The predicted octanol–water partition coefficient (Wildman–Crippen LogP) is 4.51. The van der Waals surface area contributed by atoms with Crippen LogP contribution >= 0.6 is 0 Å². The Balaban J connectivity index is 1.62. The zero-order valence-electron chi connectivity index (χ0n) is 17.3. The van der Waals surface area contributed by atoms with Crippen molar-refractivity contribution in [1.82, 2.24) is 4.98 Å². The maximum absolute atomic E-state index is 13.9. The summed E-state index contributed by atoms with van der Waals surface area (Å²) < 4.78 is 46.0. The quantitative estimate of drug-likeness (QED) is 0.505. The Kier molecular flexibility index (Phi) is 7.06. The number of benzene rings is 2. The monoisotopic (exact) mass is 445 g/mol. The lowest BCUT2D eigenvalue weighted by molar-refractivity contribution is -0.116. The van der Waals surface area contributed by atoms with Gasteiger partial charge < -0.3 is 9.73 Å². The molecule has 2 aromatic carbocycles. The number of nitrogens with zero attached hydrogens (tertiary/aromatic N) is 1. The molecular formula is C22H24FN3O4S. The van der Waals surface area contributed by atoms with Crippen LogP contribution in [-0.4, -0.2) is 25.1 Å². The highest BCUT2D eigenvalue weighted by Crippen LogP contribution is 2.26. The first kappa shape index (κ1) is 22.5. The first-order valence-electron chi connectivity index (χ1n) is 9.88. The highest BCUT2D eigenvalue weighted by Gasteiger charge is 2.15. The smallest absolute Gasteiger partial charge is 0.232 e. The van der Waals surface area contributed by atoms with E-state index in [1.54, 1.807) is 50.2 Å². The van der Waals surface area contributed by atoms with Crippen LogP contribution in [0.1, 0.15) is 31.2 Å². The molecule has 31 heavy (non-hydrogen) atoms. The Bertz CT molecular complexity index is 1180. The summed E-state index contributed by atoms with van der Waals surface area (Å²) in [5, 5.41) is 2.78. The van der Waals surface area contributed by atoms with E-state index in [0.717, 1.165) is 0 Å². The number of sulfonamides is 1. The van der Waals surface area contributed by atoms with E-state index >= 15 is 0 Å². The third kappa shape index (κ3) is 5.91. The normalized spacial score (nSPS) is 11.3. The predicted molar refractivity (Wildman–Crippen MR) is 118 cm³/mol. The Morgan fingerprint density at radius 2 is 1.87 bits per heavy atom. The molecule has 0 saturated carbocycles. The second kappa shape index (κ2) is 9.74. The lowest BCUT2D eigenvalue weighted by atomic mass is 10.1. The molecule has 3 rings (SSSR count). The molecular weight excluding hydrogens is 421 g/mol. The number of aromatic nitrogens is 1. The van der Waals surface area contributed by atoms with E-state index < -0.39 is 15.8 Å². The Labute approximate surface area is 180 Å². The molecule has 164 valence electrons. The molecule has 0 aliphatic carbocycles. The van der Waals surface area contributed by atoms with Gasteiger partial charge in [-0.2, -0.15) is 0 Å². The van der Waals surface area contributed by atoms with E-state index in [1.807, 2.05) is 0 Å². The summed E-state index contributed by atoms with van der Waals surface area (Å²) >= 11 is 0. The molecule has 0 unspecified atom stereocenters. The molecule has 0 aliphatic rings. The van der Waals surface area contributed by atoms with Gasteiger partial charge in [-0.15, -0.1) is 0 Å². The van der Waals surface area contributed by atoms with Crippen molar-refractivity contribution in [2.45, 2.75) is 33.1 Å². The van der Waals surface area contributed by atoms with Crippen LogP contribution in [-0.2, 0) is 21.2 Å². The second-order valence-corrected chi connectivity index (χ2v) is 8.89. The second-order valence-electron chi connectivity index (χ2n) is 7.05. The molecule has 1 amide bonds. The zero-order valence-corrected chi connectivity index (χ0v) is 18.1. The van der Waals surface area contributed by atoms with Crippen molar-refractivity contribution < 1.29 is 22.0 Å². The van der Waals surface area contributed by atoms with Crippen molar-refractivity contribution in [1.29, 1.82) is 0 Å². The van der Waals surface area contributed by atoms with Crippen LogP contribution in [0.3, 0.4) is 0 Å². The number of halogens is 1. The van der Waals surface area contributed by atoms with Crippen molar-refractivity contribution in [3.8, 4) is 11.3 Å². The minimum absolute atomic E-state index is 0.0219. The van der Waals surface area contributed by atoms with Crippen LogP contribution in [0.2, 0.25) is 0 Å². The average molecular weight is 446 g/mol. The van der Waals surface area contributed by atoms with Crippen LogP contribution in [0.4, 0.5) is 15.8 Å². The summed E-state index contributed by atoms with van der Waals surface area (Å²) in [6.45, 7) is 3.52. The number of hydrogen-bond donors (Lipinski definition) is 2. The molecule has 0 atom stereocenters. The van der Waals surface area contributed by atoms with Gasteiger partial charge in [-0.3, -0.25) is 9.52 Å². The van der Waals surface area contributed by atoms with Gasteiger partial charge in [-0.1, -0.05) is 25.1 Å². The van der Waals surface area contributed by atoms with Gasteiger partial charge in [-0.05, 0) is 43.2 Å². The van der Waals surface area contributed by atoms with Crippen molar-refractivity contribution in [2.24, 2.45) is 0 Å². The Morgan fingerprint density at radius 1 is 1.13 bits per heavy atom. The summed E-state index contributed by atoms with van der Waals surface area (Å²) in [5.74, 6) is -0.0357. The van der Waals surface area contributed by atoms with E-state index in [4.69, 9.17) is 4.42 Å². The summed E-state index contributed by atoms with van der Waals surface area (Å²) in [6, 6.07) is 11.2. The van der Waals surface area contributed by atoms with Crippen LogP contribution in [0.25, 0.3) is 11.3 Å². The molecule has 0 bridgehead atoms. The van der Waals surface area contributed by atoms with Gasteiger partial charge in [0.1, 0.15) is 5.82 Å². The van der Waals surface area contributed by atoms with E-state index in [2.05, 4.69) is 15.0 Å². The number of carbonyl (C=O) groups is 1. The molecule has 9 heteroatoms. The molecule has 0 spiro atoms. The standard InChI is InChI=1S/C22H24FN3O4S/c1-3-13-31(28,29)26-19-10-6-9-18(15(19)2)25-21(27)11-12-22-24-14-20(30-22)16-7-4-5-8-17(16)23/h4-10,14,26H,3,11-13H2,1-2H3,(H,25,27). The highest BCUT2D eigenvalue weighted by atomic mass is 32.2. The number of anilines is 2. The van der Waals surface area contributed by atoms with Crippen LogP contribution in [0.5, 0.6) is 0 Å². The minimum atomic E-state index is -3.43. The lowest BCUT2D eigenvalue weighted by Gasteiger charge is -2.14. The first-order valence-corrected chi connectivity index (χ1v) is 11.5. The van der Waals surface area contributed by atoms with Crippen molar-refractivity contribution in [3.05, 3.63) is 65.9 Å². The van der Waals surface area contributed by atoms with Crippen molar-refractivity contribution >= 4 is 27.3 Å². The van der Waals surface area contributed by atoms with Gasteiger partial charge in [-0.25, -0.2) is 17.8 Å². The van der Waals surface area contributed by atoms with Gasteiger partial charge in [0.25, 0.3) is 0 Å². The Morgan fingerprint density at radius 3 is 2.61 bits per heavy atom.